The SMILES string of the molecule is COc1ccc(Cl)c(OCC2N(c3cc4c(cc3Cl)c(=O)c(C(=O)O)cn4-c3cc(N)cnn3)CCC2(C)C)n1. The Hall–Kier alpha value is -4.09. The van der Waals surface area contributed by atoms with Crippen LogP contribution in [0.5, 0.6) is 11.8 Å². The van der Waals surface area contributed by atoms with Gasteiger partial charge in [-0.1, -0.05) is 37.0 Å². The lowest BCUT2D eigenvalue weighted by atomic mass is 9.85. The minimum Gasteiger partial charge on any atom is -0.481 e. The third kappa shape index (κ3) is 4.98. The van der Waals surface area contributed by atoms with Crippen molar-refractivity contribution < 1.29 is 19.4 Å². The molecule has 1 aliphatic rings. The number of methoxy groups -OCH3 is 1. The van der Waals surface area contributed by atoms with Gasteiger partial charge in [0.25, 0.3) is 0 Å². The summed E-state index contributed by atoms with van der Waals surface area (Å²) in [6.45, 7) is 5.16. The van der Waals surface area contributed by atoms with Gasteiger partial charge in [0.1, 0.15) is 17.2 Å². The van der Waals surface area contributed by atoms with E-state index in [9.17, 15) is 14.7 Å². The van der Waals surface area contributed by atoms with Crippen LogP contribution in [-0.4, -0.2) is 57.1 Å². The molecule has 1 atom stereocenters. The smallest absolute Gasteiger partial charge is 0.341 e. The average Bonchev–Trinajstić information content (AvgIpc) is 3.21. The number of hydrogen-bond acceptors (Lipinski definition) is 9. The van der Waals surface area contributed by atoms with Gasteiger partial charge >= 0.3 is 5.97 Å². The molecule has 1 unspecified atom stereocenters. The van der Waals surface area contributed by atoms with E-state index < -0.39 is 17.0 Å². The van der Waals surface area contributed by atoms with E-state index in [0.29, 0.717) is 34.3 Å². The number of benzene rings is 1. The Bertz CT molecular complexity index is 1690. The van der Waals surface area contributed by atoms with Crippen LogP contribution in [0.2, 0.25) is 10.0 Å². The molecule has 1 aliphatic heterocycles. The first-order chi connectivity index (χ1) is 19.0. The highest BCUT2D eigenvalue weighted by molar-refractivity contribution is 6.34. The fraction of sp³-hybridized carbons (Fsp3) is 0.296. The van der Waals surface area contributed by atoms with Crippen molar-refractivity contribution in [3.05, 3.63) is 68.6 Å². The van der Waals surface area contributed by atoms with E-state index in [1.54, 1.807) is 18.2 Å². The predicted molar refractivity (Wildman–Crippen MR) is 152 cm³/mol. The number of nitrogen functional groups attached to an aromatic ring is 1. The molecule has 0 bridgehead atoms. The highest BCUT2D eigenvalue weighted by Gasteiger charge is 2.42. The maximum Gasteiger partial charge on any atom is 0.341 e. The lowest BCUT2D eigenvalue weighted by Crippen LogP contribution is -2.42. The Kier molecular flexibility index (Phi) is 7.19. The number of nitrogens with zero attached hydrogens (tertiary/aromatic N) is 5. The number of aromatic carboxylic acids is 1. The van der Waals surface area contributed by atoms with Gasteiger partial charge in [0.05, 0.1) is 41.3 Å². The van der Waals surface area contributed by atoms with Gasteiger partial charge in [0.2, 0.25) is 17.2 Å². The number of aromatic nitrogens is 4. The summed E-state index contributed by atoms with van der Waals surface area (Å²) in [5.74, 6) is -0.492. The minimum absolute atomic E-state index is 0.122. The first-order valence-electron chi connectivity index (χ1n) is 12.3. The molecule has 0 aliphatic carbocycles. The molecule has 3 aromatic heterocycles. The Labute approximate surface area is 239 Å². The van der Waals surface area contributed by atoms with Gasteiger partial charge in [-0.15, -0.1) is 5.10 Å². The molecule has 40 heavy (non-hydrogen) atoms. The van der Waals surface area contributed by atoms with E-state index in [0.717, 1.165) is 6.42 Å². The number of hydrogen-bond donors (Lipinski definition) is 2. The average molecular weight is 585 g/mol. The summed E-state index contributed by atoms with van der Waals surface area (Å²) in [6.07, 6.45) is 3.42. The maximum atomic E-state index is 13.1. The molecule has 3 N–H and O–H groups in total. The normalized spacial score (nSPS) is 16.3. The van der Waals surface area contributed by atoms with E-state index in [1.807, 2.05) is 0 Å². The van der Waals surface area contributed by atoms with Gasteiger partial charge in [0, 0.05) is 30.3 Å². The number of fused-ring (bicyclic) bond motifs is 1. The summed E-state index contributed by atoms with van der Waals surface area (Å²) < 4.78 is 12.8. The van der Waals surface area contributed by atoms with Crippen LogP contribution in [0.4, 0.5) is 11.4 Å². The number of anilines is 2. The molecule has 1 fully saturated rings. The Morgan fingerprint density at radius 1 is 1.23 bits per heavy atom. The molecular formula is C27H26Cl2N6O5. The van der Waals surface area contributed by atoms with Gasteiger partial charge in [0.15, 0.2) is 5.82 Å². The van der Waals surface area contributed by atoms with Gasteiger partial charge < -0.3 is 25.2 Å². The molecule has 0 saturated carbocycles. The molecule has 4 aromatic rings. The molecule has 1 aromatic carbocycles. The Morgan fingerprint density at radius 2 is 2.00 bits per heavy atom. The van der Waals surface area contributed by atoms with Crippen molar-refractivity contribution >= 4 is 51.4 Å². The first kappa shape index (κ1) is 27.5. The van der Waals surface area contributed by atoms with Crippen LogP contribution in [0, 0.1) is 5.41 Å². The van der Waals surface area contributed by atoms with Gasteiger partial charge in [-0.2, -0.15) is 10.1 Å². The lowest BCUT2D eigenvalue weighted by molar-refractivity contribution is 0.0695. The minimum atomic E-state index is -1.37. The molecule has 0 radical (unpaired) electrons. The second kappa shape index (κ2) is 10.5. The van der Waals surface area contributed by atoms with Crippen molar-refractivity contribution in [3.63, 3.8) is 0 Å². The highest BCUT2D eigenvalue weighted by atomic mass is 35.5. The molecule has 0 spiro atoms. The zero-order chi connectivity index (χ0) is 28.8. The number of halogens is 2. The van der Waals surface area contributed by atoms with Crippen molar-refractivity contribution in [2.75, 3.05) is 30.9 Å². The van der Waals surface area contributed by atoms with Crippen LogP contribution in [0.25, 0.3) is 16.7 Å². The van der Waals surface area contributed by atoms with Gasteiger partial charge in [-0.05, 0) is 30.0 Å². The van der Waals surface area contributed by atoms with E-state index in [2.05, 4.69) is 33.9 Å². The molecule has 13 heteroatoms. The van der Waals surface area contributed by atoms with Gasteiger partial charge in [-0.3, -0.25) is 9.36 Å². The molecule has 4 heterocycles. The number of ether oxygens (including phenoxy) is 2. The van der Waals surface area contributed by atoms with E-state index in [-0.39, 0.29) is 40.2 Å². The predicted octanol–water partition coefficient (Wildman–Crippen LogP) is 4.46. The van der Waals surface area contributed by atoms with E-state index in [1.165, 1.54) is 36.2 Å². The summed E-state index contributed by atoms with van der Waals surface area (Å²) >= 11 is 13.1. The summed E-state index contributed by atoms with van der Waals surface area (Å²) in [4.78, 5) is 31.5. The summed E-state index contributed by atoms with van der Waals surface area (Å²) in [6, 6.07) is 7.93. The zero-order valence-corrected chi connectivity index (χ0v) is 23.4. The first-order valence-corrected chi connectivity index (χ1v) is 13.1. The molecule has 208 valence electrons. The zero-order valence-electron chi connectivity index (χ0n) is 21.9. The number of carboxylic acids is 1. The Morgan fingerprint density at radius 3 is 2.70 bits per heavy atom. The molecule has 5 rings (SSSR count). The summed E-state index contributed by atoms with van der Waals surface area (Å²) in [5.41, 5.74) is 6.01. The van der Waals surface area contributed by atoms with Crippen molar-refractivity contribution in [1.82, 2.24) is 19.7 Å². The van der Waals surface area contributed by atoms with E-state index in [4.69, 9.17) is 38.4 Å². The Balaban J connectivity index is 1.62. The summed E-state index contributed by atoms with van der Waals surface area (Å²) in [7, 11) is 1.51. The van der Waals surface area contributed by atoms with Crippen LogP contribution < -0.4 is 25.5 Å². The molecular weight excluding hydrogens is 559 g/mol. The van der Waals surface area contributed by atoms with Crippen LogP contribution in [0.1, 0.15) is 30.6 Å². The lowest BCUT2D eigenvalue weighted by Gasteiger charge is -2.34. The number of carboxylic acid groups (broad SMARTS) is 1. The number of carbonyl (C=O) groups is 1. The van der Waals surface area contributed by atoms with Crippen molar-refractivity contribution in [2.45, 2.75) is 26.3 Å². The number of rotatable bonds is 7. The standard InChI is InChI=1S/C27H26Cl2N6O5/c1-27(2)6-7-34(21(27)13-40-25-17(28)4-5-23(32-25)39-3)20-10-19-15(9-18(20)29)24(36)16(26(37)38)12-35(19)22-8-14(30)11-31-33-22/h4-5,8-12,21H,6-7,13H2,1-3H3,(H2,30,33)(H,37,38). The van der Waals surface area contributed by atoms with Crippen LogP contribution in [0.3, 0.4) is 0 Å². The number of pyridine rings is 2. The molecule has 1 saturated heterocycles. The highest BCUT2D eigenvalue weighted by Crippen LogP contribution is 2.43. The quantitative estimate of drug-likeness (QED) is 0.319. The van der Waals surface area contributed by atoms with Crippen LogP contribution in [-0.2, 0) is 0 Å². The topological polar surface area (TPSA) is 146 Å². The fourth-order valence-electron chi connectivity index (χ4n) is 4.92. The van der Waals surface area contributed by atoms with Crippen molar-refractivity contribution in [2.24, 2.45) is 5.41 Å². The van der Waals surface area contributed by atoms with Crippen molar-refractivity contribution in [3.8, 4) is 17.6 Å². The largest absolute Gasteiger partial charge is 0.481 e. The van der Waals surface area contributed by atoms with Gasteiger partial charge in [-0.25, -0.2) is 4.79 Å². The number of nitrogens with two attached hydrogens (primary N) is 1. The molecule has 11 nitrogen and oxygen atoms in total. The molecule has 0 amide bonds. The maximum absolute atomic E-state index is 13.1. The monoisotopic (exact) mass is 584 g/mol. The third-order valence-corrected chi connectivity index (χ3v) is 7.76. The fourth-order valence-corrected chi connectivity index (χ4v) is 5.35. The summed E-state index contributed by atoms with van der Waals surface area (Å²) in [5, 5.41) is 18.5. The van der Waals surface area contributed by atoms with Crippen molar-refractivity contribution in [1.29, 1.82) is 0 Å². The van der Waals surface area contributed by atoms with Crippen LogP contribution in [0.15, 0.2) is 47.5 Å². The van der Waals surface area contributed by atoms with Crippen LogP contribution >= 0.6 is 23.2 Å². The second-order valence-electron chi connectivity index (χ2n) is 10.1. The second-order valence-corrected chi connectivity index (χ2v) is 10.9. The third-order valence-electron chi connectivity index (χ3n) is 7.17. The van der Waals surface area contributed by atoms with E-state index >= 15 is 0 Å².